The molecule has 4 nitrogen and oxygen atoms in total. The van der Waals surface area contributed by atoms with Crippen LogP contribution in [0.2, 0.25) is 0 Å². The molecule has 0 amide bonds. The Morgan fingerprint density at radius 3 is 3.07 bits per heavy atom. The highest BCUT2D eigenvalue weighted by molar-refractivity contribution is 7.79. The van der Waals surface area contributed by atoms with Gasteiger partial charge in [0.25, 0.3) is 0 Å². The summed E-state index contributed by atoms with van der Waals surface area (Å²) >= 11 is -1.90. The SMILES string of the molecule is O=S([O-])CCNCC1CCCNCC1. The van der Waals surface area contributed by atoms with Crippen LogP contribution in [0, 0.1) is 5.92 Å². The summed E-state index contributed by atoms with van der Waals surface area (Å²) in [6, 6.07) is 0. The highest BCUT2D eigenvalue weighted by Crippen LogP contribution is 2.11. The van der Waals surface area contributed by atoms with E-state index in [9.17, 15) is 8.76 Å². The third-order valence-corrected chi connectivity index (χ3v) is 3.11. The zero-order valence-electron chi connectivity index (χ0n) is 8.46. The first-order chi connectivity index (χ1) is 6.79. The molecule has 84 valence electrons. The quantitative estimate of drug-likeness (QED) is 0.498. The summed E-state index contributed by atoms with van der Waals surface area (Å²) in [7, 11) is 0. The predicted octanol–water partition coefficient (Wildman–Crippen LogP) is -0.155. The molecule has 5 heteroatoms. The van der Waals surface area contributed by atoms with Crippen LogP contribution in [-0.2, 0) is 11.1 Å². The zero-order valence-corrected chi connectivity index (χ0v) is 9.28. The first-order valence-electron chi connectivity index (χ1n) is 5.26. The molecule has 0 bridgehead atoms. The molecule has 1 heterocycles. The summed E-state index contributed by atoms with van der Waals surface area (Å²) < 4.78 is 20.5. The fourth-order valence-electron chi connectivity index (χ4n) is 1.76. The van der Waals surface area contributed by atoms with Crippen molar-refractivity contribution in [2.75, 3.05) is 31.9 Å². The molecule has 1 fully saturated rings. The van der Waals surface area contributed by atoms with Crippen molar-refractivity contribution in [2.24, 2.45) is 5.92 Å². The molecule has 1 aliphatic heterocycles. The van der Waals surface area contributed by atoms with Gasteiger partial charge in [-0.25, -0.2) is 0 Å². The summed E-state index contributed by atoms with van der Waals surface area (Å²) in [5, 5.41) is 6.55. The number of nitrogens with one attached hydrogen (secondary N) is 2. The minimum atomic E-state index is -1.90. The maximum atomic E-state index is 10.3. The molecule has 0 aliphatic carbocycles. The van der Waals surface area contributed by atoms with Crippen LogP contribution in [0.15, 0.2) is 0 Å². The van der Waals surface area contributed by atoms with Crippen molar-refractivity contribution < 1.29 is 8.76 Å². The summed E-state index contributed by atoms with van der Waals surface area (Å²) in [6.45, 7) is 3.76. The molecular weight excluding hydrogens is 200 g/mol. The van der Waals surface area contributed by atoms with E-state index >= 15 is 0 Å². The lowest BCUT2D eigenvalue weighted by Crippen LogP contribution is -2.27. The van der Waals surface area contributed by atoms with Gasteiger partial charge in [0.1, 0.15) is 0 Å². The van der Waals surface area contributed by atoms with E-state index in [1.165, 1.54) is 19.3 Å². The molecule has 0 saturated carbocycles. The number of rotatable bonds is 5. The Kier molecular flexibility index (Phi) is 6.34. The molecular formula is C9H19N2O2S-. The van der Waals surface area contributed by atoms with Gasteiger partial charge in [-0.1, -0.05) is 11.1 Å². The standard InChI is InChI=1S/C9H20N2O2S/c12-14(13)7-6-11-8-9-2-1-4-10-5-3-9/h9-11H,1-8H2,(H,12,13)/p-1. The average molecular weight is 219 g/mol. The fraction of sp³-hybridized carbons (Fsp3) is 1.00. The zero-order chi connectivity index (χ0) is 10.2. The van der Waals surface area contributed by atoms with Crippen LogP contribution in [0.1, 0.15) is 19.3 Å². The van der Waals surface area contributed by atoms with Crippen LogP contribution >= 0.6 is 0 Å². The Bertz CT molecular complexity index is 170. The molecule has 1 aliphatic rings. The molecule has 2 unspecified atom stereocenters. The van der Waals surface area contributed by atoms with Gasteiger partial charge >= 0.3 is 0 Å². The Morgan fingerprint density at radius 1 is 1.43 bits per heavy atom. The molecule has 0 spiro atoms. The van der Waals surface area contributed by atoms with Crippen molar-refractivity contribution >= 4 is 11.1 Å². The third kappa shape index (κ3) is 5.70. The van der Waals surface area contributed by atoms with E-state index in [4.69, 9.17) is 0 Å². The molecule has 0 aromatic rings. The van der Waals surface area contributed by atoms with E-state index < -0.39 is 11.1 Å². The van der Waals surface area contributed by atoms with Gasteiger partial charge in [0.15, 0.2) is 0 Å². The van der Waals surface area contributed by atoms with E-state index in [1.54, 1.807) is 0 Å². The first kappa shape index (κ1) is 12.1. The lowest BCUT2D eigenvalue weighted by atomic mass is 10.0. The highest BCUT2D eigenvalue weighted by Gasteiger charge is 2.10. The van der Waals surface area contributed by atoms with Gasteiger partial charge in [-0.05, 0) is 44.8 Å². The first-order valence-corrected chi connectivity index (χ1v) is 6.50. The molecule has 0 aromatic carbocycles. The second-order valence-electron chi connectivity index (χ2n) is 3.76. The van der Waals surface area contributed by atoms with Crippen molar-refractivity contribution in [3.05, 3.63) is 0 Å². The molecule has 2 N–H and O–H groups in total. The van der Waals surface area contributed by atoms with Crippen molar-refractivity contribution in [3.63, 3.8) is 0 Å². The summed E-state index contributed by atoms with van der Waals surface area (Å²) in [6.07, 6.45) is 3.69. The lowest BCUT2D eigenvalue weighted by molar-refractivity contribution is 0.439. The van der Waals surface area contributed by atoms with Crippen molar-refractivity contribution in [1.29, 1.82) is 0 Å². The lowest BCUT2D eigenvalue weighted by Gasteiger charge is -2.14. The van der Waals surface area contributed by atoms with Gasteiger partial charge in [-0.2, -0.15) is 0 Å². The monoisotopic (exact) mass is 219 g/mol. The minimum Gasteiger partial charge on any atom is -0.772 e. The summed E-state index contributed by atoms with van der Waals surface area (Å²) in [5.41, 5.74) is 0. The van der Waals surface area contributed by atoms with E-state index in [2.05, 4.69) is 10.6 Å². The Hall–Kier alpha value is 0.0300. The van der Waals surface area contributed by atoms with Crippen molar-refractivity contribution in [3.8, 4) is 0 Å². The van der Waals surface area contributed by atoms with Gasteiger partial charge in [-0.15, -0.1) is 0 Å². The van der Waals surface area contributed by atoms with Crippen LogP contribution < -0.4 is 10.6 Å². The van der Waals surface area contributed by atoms with E-state index in [0.29, 0.717) is 12.5 Å². The second-order valence-corrected chi connectivity index (χ2v) is 4.77. The van der Waals surface area contributed by atoms with Gasteiger partial charge in [0.2, 0.25) is 0 Å². The Morgan fingerprint density at radius 2 is 2.29 bits per heavy atom. The second kappa shape index (κ2) is 7.34. The summed E-state index contributed by atoms with van der Waals surface area (Å²) in [4.78, 5) is 0. The summed E-state index contributed by atoms with van der Waals surface area (Å²) in [5.74, 6) is 0.940. The smallest absolute Gasteiger partial charge is 0.0227 e. The largest absolute Gasteiger partial charge is 0.772 e. The molecule has 0 aromatic heterocycles. The minimum absolute atomic E-state index is 0.227. The predicted molar refractivity (Wildman–Crippen MR) is 56.9 cm³/mol. The van der Waals surface area contributed by atoms with Crippen LogP contribution in [0.5, 0.6) is 0 Å². The molecule has 1 saturated heterocycles. The van der Waals surface area contributed by atoms with E-state index in [0.717, 1.165) is 19.6 Å². The van der Waals surface area contributed by atoms with Crippen molar-refractivity contribution in [1.82, 2.24) is 10.6 Å². The topological polar surface area (TPSA) is 64.2 Å². The van der Waals surface area contributed by atoms with Crippen LogP contribution in [-0.4, -0.2) is 40.7 Å². The van der Waals surface area contributed by atoms with E-state index in [-0.39, 0.29) is 5.75 Å². The third-order valence-electron chi connectivity index (χ3n) is 2.57. The maximum absolute atomic E-state index is 10.3. The van der Waals surface area contributed by atoms with Crippen LogP contribution in [0.3, 0.4) is 0 Å². The van der Waals surface area contributed by atoms with Gasteiger partial charge in [0, 0.05) is 12.3 Å². The average Bonchev–Trinajstić information content (AvgIpc) is 2.40. The Balaban J connectivity index is 2.01. The molecule has 1 rings (SSSR count). The molecule has 14 heavy (non-hydrogen) atoms. The normalized spacial score (nSPS) is 25.6. The van der Waals surface area contributed by atoms with Crippen molar-refractivity contribution in [2.45, 2.75) is 19.3 Å². The molecule has 2 atom stereocenters. The van der Waals surface area contributed by atoms with E-state index in [1.807, 2.05) is 0 Å². The fourth-order valence-corrected chi connectivity index (χ4v) is 2.07. The van der Waals surface area contributed by atoms with Crippen LogP contribution in [0.4, 0.5) is 0 Å². The van der Waals surface area contributed by atoms with Gasteiger partial charge in [-0.3, -0.25) is 4.21 Å². The highest BCUT2D eigenvalue weighted by atomic mass is 32.2. The number of hydrogen-bond acceptors (Lipinski definition) is 4. The number of hydrogen-bond donors (Lipinski definition) is 2. The van der Waals surface area contributed by atoms with Gasteiger partial charge in [0.05, 0.1) is 0 Å². The van der Waals surface area contributed by atoms with Gasteiger partial charge < -0.3 is 15.2 Å². The maximum Gasteiger partial charge on any atom is 0.0227 e. The van der Waals surface area contributed by atoms with Crippen LogP contribution in [0.25, 0.3) is 0 Å². The Labute approximate surface area is 88.1 Å². The molecule has 0 radical (unpaired) electrons.